The van der Waals surface area contributed by atoms with Gasteiger partial charge in [-0.3, -0.25) is 4.90 Å². The third kappa shape index (κ3) is 4.21. The Balaban J connectivity index is 1.53. The lowest BCUT2D eigenvalue weighted by atomic mass is 10.0. The van der Waals surface area contributed by atoms with Crippen LogP contribution in [0.15, 0.2) is 42.7 Å². The van der Waals surface area contributed by atoms with Crippen LogP contribution in [0.1, 0.15) is 32.3 Å². The molecular weight excluding hydrogens is 284 g/mol. The molecule has 1 atom stereocenters. The highest BCUT2D eigenvalue weighted by Gasteiger charge is 2.23. The van der Waals surface area contributed by atoms with Gasteiger partial charge in [-0.2, -0.15) is 5.10 Å². The minimum atomic E-state index is 0.640. The third-order valence-electron chi connectivity index (χ3n) is 4.72. The van der Waals surface area contributed by atoms with Crippen molar-refractivity contribution in [2.45, 2.75) is 39.3 Å². The van der Waals surface area contributed by atoms with Crippen molar-refractivity contribution in [3.05, 3.63) is 48.3 Å². The molecule has 124 valence electrons. The number of aromatic nitrogens is 2. The summed E-state index contributed by atoms with van der Waals surface area (Å²) in [5, 5.41) is 8.09. The molecule has 1 fully saturated rings. The molecule has 1 aromatic heterocycles. The minimum absolute atomic E-state index is 0.640. The van der Waals surface area contributed by atoms with E-state index in [1.54, 1.807) is 0 Å². The van der Waals surface area contributed by atoms with Crippen LogP contribution in [-0.2, 0) is 6.54 Å². The Hall–Kier alpha value is -1.65. The van der Waals surface area contributed by atoms with Gasteiger partial charge in [0.15, 0.2) is 0 Å². The van der Waals surface area contributed by atoms with Crippen LogP contribution in [0.4, 0.5) is 0 Å². The maximum atomic E-state index is 4.46. The zero-order valence-corrected chi connectivity index (χ0v) is 14.3. The van der Waals surface area contributed by atoms with E-state index in [4.69, 9.17) is 0 Å². The van der Waals surface area contributed by atoms with E-state index in [1.807, 2.05) is 29.1 Å². The van der Waals surface area contributed by atoms with Gasteiger partial charge >= 0.3 is 0 Å². The summed E-state index contributed by atoms with van der Waals surface area (Å²) >= 11 is 0. The average molecular weight is 312 g/mol. The predicted molar refractivity (Wildman–Crippen MR) is 94.7 cm³/mol. The van der Waals surface area contributed by atoms with Gasteiger partial charge in [-0.05, 0) is 44.0 Å². The van der Waals surface area contributed by atoms with E-state index in [9.17, 15) is 0 Å². The van der Waals surface area contributed by atoms with Gasteiger partial charge in [0.05, 0.1) is 11.9 Å². The fourth-order valence-electron chi connectivity index (χ4n) is 3.40. The lowest BCUT2D eigenvalue weighted by Crippen LogP contribution is -2.44. The number of hydrogen-bond donors (Lipinski definition) is 1. The van der Waals surface area contributed by atoms with Crippen LogP contribution in [0.2, 0.25) is 0 Å². The van der Waals surface area contributed by atoms with Crippen molar-refractivity contribution in [2.75, 3.05) is 19.6 Å². The Kier molecular flexibility index (Phi) is 5.47. The van der Waals surface area contributed by atoms with Gasteiger partial charge in [-0.25, -0.2) is 4.68 Å². The van der Waals surface area contributed by atoms with E-state index in [0.717, 1.165) is 18.8 Å². The number of benzene rings is 1. The molecule has 4 heteroatoms. The van der Waals surface area contributed by atoms with Crippen molar-refractivity contribution >= 4 is 0 Å². The summed E-state index contributed by atoms with van der Waals surface area (Å²) in [6.07, 6.45) is 6.78. The first-order valence-electron chi connectivity index (χ1n) is 8.78. The molecule has 23 heavy (non-hydrogen) atoms. The zero-order chi connectivity index (χ0) is 16.1. The first-order valence-corrected chi connectivity index (χ1v) is 8.78. The number of hydrogen-bond acceptors (Lipinski definition) is 3. The molecule has 0 radical (unpaired) electrons. The molecule has 0 aliphatic carbocycles. The summed E-state index contributed by atoms with van der Waals surface area (Å²) < 4.78 is 1.94. The highest BCUT2D eigenvalue weighted by molar-refractivity contribution is 5.30. The molecule has 1 aromatic carbocycles. The molecule has 0 saturated carbocycles. The SMILES string of the molecule is CC(C)C(CNCc1cnn(-c2ccccc2)c1)N1CCCC1. The molecule has 1 unspecified atom stereocenters. The van der Waals surface area contributed by atoms with Crippen LogP contribution >= 0.6 is 0 Å². The quantitative estimate of drug-likeness (QED) is 0.853. The van der Waals surface area contributed by atoms with E-state index < -0.39 is 0 Å². The molecule has 3 rings (SSSR count). The van der Waals surface area contributed by atoms with E-state index in [-0.39, 0.29) is 0 Å². The number of para-hydroxylation sites is 1. The summed E-state index contributed by atoms with van der Waals surface area (Å²) in [6, 6.07) is 10.9. The summed E-state index contributed by atoms with van der Waals surface area (Å²) in [6.45, 7) is 9.11. The van der Waals surface area contributed by atoms with Crippen LogP contribution in [-0.4, -0.2) is 40.4 Å². The molecule has 1 saturated heterocycles. The standard InChI is InChI=1S/C19H28N4/c1-16(2)19(22-10-6-7-11-22)14-20-12-17-13-21-23(15-17)18-8-4-3-5-9-18/h3-5,8-9,13,15-16,19-20H,6-7,10-12,14H2,1-2H3. The van der Waals surface area contributed by atoms with E-state index in [1.165, 1.54) is 31.5 Å². The van der Waals surface area contributed by atoms with Crippen molar-refractivity contribution in [3.63, 3.8) is 0 Å². The summed E-state index contributed by atoms with van der Waals surface area (Å²) in [5.74, 6) is 0.688. The Bertz CT molecular complexity index is 584. The first kappa shape index (κ1) is 16.2. The van der Waals surface area contributed by atoms with Gasteiger partial charge in [0.2, 0.25) is 0 Å². The second kappa shape index (κ2) is 7.75. The molecule has 0 spiro atoms. The van der Waals surface area contributed by atoms with Crippen molar-refractivity contribution in [2.24, 2.45) is 5.92 Å². The van der Waals surface area contributed by atoms with Gasteiger partial charge in [-0.1, -0.05) is 32.0 Å². The van der Waals surface area contributed by atoms with Crippen LogP contribution in [0.3, 0.4) is 0 Å². The molecule has 1 aliphatic rings. The molecule has 4 nitrogen and oxygen atoms in total. The smallest absolute Gasteiger partial charge is 0.0645 e. The summed E-state index contributed by atoms with van der Waals surface area (Å²) in [5.41, 5.74) is 2.34. The summed E-state index contributed by atoms with van der Waals surface area (Å²) in [4.78, 5) is 2.64. The fourth-order valence-corrected chi connectivity index (χ4v) is 3.40. The zero-order valence-electron chi connectivity index (χ0n) is 14.3. The molecular formula is C19H28N4. The van der Waals surface area contributed by atoms with Crippen LogP contribution in [0.25, 0.3) is 5.69 Å². The van der Waals surface area contributed by atoms with Gasteiger partial charge in [0.25, 0.3) is 0 Å². The Morgan fingerprint density at radius 3 is 2.57 bits per heavy atom. The lowest BCUT2D eigenvalue weighted by Gasteiger charge is -2.31. The maximum Gasteiger partial charge on any atom is 0.0645 e. The highest BCUT2D eigenvalue weighted by Crippen LogP contribution is 2.17. The molecule has 0 bridgehead atoms. The molecule has 1 aliphatic heterocycles. The van der Waals surface area contributed by atoms with Crippen molar-refractivity contribution in [1.82, 2.24) is 20.0 Å². The minimum Gasteiger partial charge on any atom is -0.311 e. The normalized spacial score (nSPS) is 17.0. The van der Waals surface area contributed by atoms with Gasteiger partial charge in [0.1, 0.15) is 0 Å². The number of nitrogens with one attached hydrogen (secondary N) is 1. The van der Waals surface area contributed by atoms with Gasteiger partial charge in [0, 0.05) is 30.9 Å². The predicted octanol–water partition coefficient (Wildman–Crippen LogP) is 3.08. The third-order valence-corrected chi connectivity index (χ3v) is 4.72. The molecule has 1 N–H and O–H groups in total. The number of likely N-dealkylation sites (tertiary alicyclic amines) is 1. The second-order valence-corrected chi connectivity index (χ2v) is 6.81. The van der Waals surface area contributed by atoms with Crippen molar-refractivity contribution in [3.8, 4) is 5.69 Å². The molecule has 2 aromatic rings. The van der Waals surface area contributed by atoms with E-state index in [2.05, 4.69) is 47.5 Å². The average Bonchev–Trinajstić information content (AvgIpc) is 3.24. The van der Waals surface area contributed by atoms with Crippen molar-refractivity contribution in [1.29, 1.82) is 0 Å². The van der Waals surface area contributed by atoms with Gasteiger partial charge in [-0.15, -0.1) is 0 Å². The Morgan fingerprint density at radius 2 is 1.87 bits per heavy atom. The van der Waals surface area contributed by atoms with Crippen LogP contribution in [0.5, 0.6) is 0 Å². The molecule has 0 amide bonds. The van der Waals surface area contributed by atoms with E-state index >= 15 is 0 Å². The van der Waals surface area contributed by atoms with E-state index in [0.29, 0.717) is 12.0 Å². The van der Waals surface area contributed by atoms with Gasteiger partial charge < -0.3 is 5.32 Å². The number of nitrogens with zero attached hydrogens (tertiary/aromatic N) is 3. The second-order valence-electron chi connectivity index (χ2n) is 6.81. The van der Waals surface area contributed by atoms with Crippen LogP contribution in [0, 0.1) is 5.92 Å². The maximum absolute atomic E-state index is 4.46. The fraction of sp³-hybridized carbons (Fsp3) is 0.526. The topological polar surface area (TPSA) is 33.1 Å². The van der Waals surface area contributed by atoms with Crippen LogP contribution < -0.4 is 5.32 Å². The number of rotatable bonds is 7. The monoisotopic (exact) mass is 312 g/mol. The first-order chi connectivity index (χ1) is 11.2. The Labute approximate surface area is 139 Å². The Morgan fingerprint density at radius 1 is 1.13 bits per heavy atom. The molecule has 2 heterocycles. The highest BCUT2D eigenvalue weighted by atomic mass is 15.3. The van der Waals surface area contributed by atoms with Crippen molar-refractivity contribution < 1.29 is 0 Å². The largest absolute Gasteiger partial charge is 0.311 e. The lowest BCUT2D eigenvalue weighted by molar-refractivity contribution is 0.186. The summed E-state index contributed by atoms with van der Waals surface area (Å²) in [7, 11) is 0.